The Labute approximate surface area is 129 Å². The zero-order valence-electron chi connectivity index (χ0n) is 14.3. The van der Waals surface area contributed by atoms with Crippen molar-refractivity contribution in [1.29, 1.82) is 0 Å². The fourth-order valence-corrected chi connectivity index (χ4v) is 2.84. The van der Waals surface area contributed by atoms with Crippen LogP contribution in [0.1, 0.15) is 40.0 Å². The highest BCUT2D eigenvalue weighted by molar-refractivity contribution is 5.80. The number of nitrogens with zero attached hydrogens (tertiary/aromatic N) is 1. The van der Waals surface area contributed by atoms with E-state index in [0.717, 1.165) is 39.0 Å². The molecule has 1 rings (SSSR count). The third kappa shape index (κ3) is 5.57. The Morgan fingerprint density at radius 2 is 2.10 bits per heavy atom. The summed E-state index contributed by atoms with van der Waals surface area (Å²) in [4.78, 5) is 14.5. The predicted octanol–water partition coefficient (Wildman–Crippen LogP) is 1.66. The third-order valence-corrected chi connectivity index (χ3v) is 4.62. The Bertz CT molecular complexity index is 319. The Hall–Kier alpha value is -0.650. The number of carbonyl (C=O) groups excluding carboxylic acids is 1. The van der Waals surface area contributed by atoms with Gasteiger partial charge in [0, 0.05) is 25.8 Å². The van der Waals surface area contributed by atoms with Crippen LogP contribution in [0.15, 0.2) is 0 Å². The first-order valence-electron chi connectivity index (χ1n) is 8.07. The van der Waals surface area contributed by atoms with Gasteiger partial charge in [0.15, 0.2) is 0 Å². The van der Waals surface area contributed by atoms with Crippen molar-refractivity contribution < 1.29 is 14.3 Å². The second-order valence-corrected chi connectivity index (χ2v) is 6.35. The predicted molar refractivity (Wildman–Crippen MR) is 84.3 cm³/mol. The molecule has 0 spiro atoms. The summed E-state index contributed by atoms with van der Waals surface area (Å²) in [7, 11) is 3.96. The average molecular weight is 300 g/mol. The Kier molecular flexibility index (Phi) is 7.63. The Morgan fingerprint density at radius 1 is 1.48 bits per heavy atom. The number of likely N-dealkylation sites (N-methyl/N-ethyl adjacent to an activating group) is 1. The Morgan fingerprint density at radius 3 is 2.62 bits per heavy atom. The smallest absolute Gasteiger partial charge is 0.326 e. The molecule has 2 atom stereocenters. The van der Waals surface area contributed by atoms with Crippen molar-refractivity contribution in [1.82, 2.24) is 10.2 Å². The molecule has 0 radical (unpaired) electrons. The van der Waals surface area contributed by atoms with Crippen molar-refractivity contribution >= 4 is 5.97 Å². The quantitative estimate of drug-likeness (QED) is 0.691. The van der Waals surface area contributed by atoms with Gasteiger partial charge in [-0.05, 0) is 60.0 Å². The van der Waals surface area contributed by atoms with Gasteiger partial charge in [-0.3, -0.25) is 4.79 Å². The van der Waals surface area contributed by atoms with Crippen molar-refractivity contribution in [3.8, 4) is 0 Å². The number of hydrogen-bond donors (Lipinski definition) is 1. The normalized spacial score (nSPS) is 21.0. The zero-order chi connectivity index (χ0) is 15.9. The van der Waals surface area contributed by atoms with Gasteiger partial charge in [0.1, 0.15) is 5.54 Å². The molecule has 1 N–H and O–H groups in total. The average Bonchev–Trinajstić information content (AvgIpc) is 2.48. The maximum atomic E-state index is 12.1. The molecule has 124 valence electrons. The van der Waals surface area contributed by atoms with Gasteiger partial charge >= 0.3 is 5.97 Å². The van der Waals surface area contributed by atoms with Crippen molar-refractivity contribution in [2.24, 2.45) is 5.92 Å². The highest BCUT2D eigenvalue weighted by atomic mass is 16.5. The van der Waals surface area contributed by atoms with E-state index in [1.54, 1.807) is 0 Å². The van der Waals surface area contributed by atoms with E-state index in [1.165, 1.54) is 0 Å². The van der Waals surface area contributed by atoms with Crippen molar-refractivity contribution in [3.63, 3.8) is 0 Å². The lowest BCUT2D eigenvalue weighted by atomic mass is 9.92. The molecule has 21 heavy (non-hydrogen) atoms. The van der Waals surface area contributed by atoms with Crippen LogP contribution in [0.4, 0.5) is 0 Å². The van der Waals surface area contributed by atoms with E-state index in [9.17, 15) is 4.79 Å². The van der Waals surface area contributed by atoms with Crippen molar-refractivity contribution in [2.75, 3.05) is 40.5 Å². The van der Waals surface area contributed by atoms with Crippen LogP contribution in [0, 0.1) is 5.92 Å². The lowest BCUT2D eigenvalue weighted by Gasteiger charge is -2.35. The topological polar surface area (TPSA) is 50.8 Å². The number of nitrogens with one attached hydrogen (secondary N) is 1. The highest BCUT2D eigenvalue weighted by Crippen LogP contribution is 2.21. The van der Waals surface area contributed by atoms with E-state index in [-0.39, 0.29) is 5.97 Å². The molecular formula is C16H32N2O3. The van der Waals surface area contributed by atoms with Crippen LogP contribution >= 0.6 is 0 Å². The first-order chi connectivity index (χ1) is 9.92. The Balaban J connectivity index is 2.51. The van der Waals surface area contributed by atoms with Crippen LogP contribution in [0.25, 0.3) is 0 Å². The summed E-state index contributed by atoms with van der Waals surface area (Å²) < 4.78 is 10.6. The minimum absolute atomic E-state index is 0.168. The summed E-state index contributed by atoms with van der Waals surface area (Å²) in [5.41, 5.74) is -0.626. The molecule has 0 aromatic heterocycles. The van der Waals surface area contributed by atoms with E-state index in [2.05, 4.69) is 24.2 Å². The second kappa shape index (κ2) is 8.71. The molecule has 0 saturated carbocycles. The molecule has 2 unspecified atom stereocenters. The van der Waals surface area contributed by atoms with Crippen LogP contribution in [0.3, 0.4) is 0 Å². The fraction of sp³-hybridized carbons (Fsp3) is 0.938. The largest absolute Gasteiger partial charge is 0.465 e. The minimum Gasteiger partial charge on any atom is -0.465 e. The van der Waals surface area contributed by atoms with E-state index in [1.807, 2.05) is 20.9 Å². The van der Waals surface area contributed by atoms with Gasteiger partial charge in [0.2, 0.25) is 0 Å². The molecule has 1 aliphatic rings. The molecule has 0 aromatic carbocycles. The summed E-state index contributed by atoms with van der Waals surface area (Å²) in [6, 6.07) is 0.315. The molecule has 0 aromatic rings. The maximum Gasteiger partial charge on any atom is 0.326 e. The van der Waals surface area contributed by atoms with Crippen LogP contribution in [-0.2, 0) is 14.3 Å². The molecule has 1 fully saturated rings. The first kappa shape index (κ1) is 18.4. The van der Waals surface area contributed by atoms with Gasteiger partial charge in [-0.1, -0.05) is 0 Å². The third-order valence-electron chi connectivity index (χ3n) is 4.62. The molecular weight excluding hydrogens is 268 g/mol. The minimum atomic E-state index is -0.626. The number of hydrogen-bond acceptors (Lipinski definition) is 5. The summed E-state index contributed by atoms with van der Waals surface area (Å²) in [6.07, 6.45) is 3.01. The van der Waals surface area contributed by atoms with Crippen LogP contribution in [0.5, 0.6) is 0 Å². The number of ether oxygens (including phenoxy) is 2. The second-order valence-electron chi connectivity index (χ2n) is 6.35. The van der Waals surface area contributed by atoms with Crippen LogP contribution in [-0.4, -0.2) is 62.9 Å². The molecule has 0 aliphatic carbocycles. The fourth-order valence-electron chi connectivity index (χ4n) is 2.84. The van der Waals surface area contributed by atoms with E-state index >= 15 is 0 Å². The van der Waals surface area contributed by atoms with Crippen LogP contribution < -0.4 is 5.32 Å². The van der Waals surface area contributed by atoms with Gasteiger partial charge in [0.25, 0.3) is 0 Å². The van der Waals surface area contributed by atoms with Gasteiger partial charge in [-0.2, -0.15) is 0 Å². The molecule has 1 heterocycles. The van der Waals surface area contributed by atoms with E-state index < -0.39 is 5.54 Å². The number of rotatable bonds is 8. The molecule has 1 saturated heterocycles. The van der Waals surface area contributed by atoms with Crippen molar-refractivity contribution in [3.05, 3.63) is 0 Å². The molecule has 1 aliphatic heterocycles. The van der Waals surface area contributed by atoms with Gasteiger partial charge in [-0.15, -0.1) is 0 Å². The molecule has 0 amide bonds. The number of carbonyl (C=O) groups is 1. The lowest BCUT2D eigenvalue weighted by molar-refractivity contribution is -0.151. The summed E-state index contributed by atoms with van der Waals surface area (Å²) in [6.45, 7) is 9.18. The lowest BCUT2D eigenvalue weighted by Crippen LogP contribution is -2.52. The monoisotopic (exact) mass is 300 g/mol. The van der Waals surface area contributed by atoms with Gasteiger partial charge in [0.05, 0.1) is 6.61 Å². The first-order valence-corrected chi connectivity index (χ1v) is 8.07. The number of esters is 1. The standard InChI is InChI=1S/C16H32N2O3/c1-6-21-15(19)16(3,17-4)11-13(2)18(5)12-14-7-9-20-10-8-14/h13-14,17H,6-12H2,1-5H3. The van der Waals surface area contributed by atoms with Gasteiger partial charge < -0.3 is 19.7 Å². The SMILES string of the molecule is CCOC(=O)C(C)(CC(C)N(C)CC1CCOCC1)NC. The zero-order valence-corrected chi connectivity index (χ0v) is 14.3. The van der Waals surface area contributed by atoms with Crippen molar-refractivity contribution in [2.45, 2.75) is 51.6 Å². The highest BCUT2D eigenvalue weighted by Gasteiger charge is 2.35. The van der Waals surface area contributed by atoms with E-state index in [0.29, 0.717) is 18.6 Å². The van der Waals surface area contributed by atoms with Gasteiger partial charge in [-0.25, -0.2) is 0 Å². The summed E-state index contributed by atoms with van der Waals surface area (Å²) in [5.74, 6) is 0.536. The summed E-state index contributed by atoms with van der Waals surface area (Å²) >= 11 is 0. The summed E-state index contributed by atoms with van der Waals surface area (Å²) in [5, 5.41) is 3.13. The van der Waals surface area contributed by atoms with E-state index in [4.69, 9.17) is 9.47 Å². The molecule has 5 nitrogen and oxygen atoms in total. The molecule has 0 bridgehead atoms. The maximum absolute atomic E-state index is 12.1. The molecule has 5 heteroatoms. The van der Waals surface area contributed by atoms with Crippen LogP contribution in [0.2, 0.25) is 0 Å².